The first-order valence-corrected chi connectivity index (χ1v) is 13.7. The zero-order chi connectivity index (χ0) is 25.1. The molecule has 1 aliphatic heterocycles. The highest BCUT2D eigenvalue weighted by molar-refractivity contribution is 5.78. The first-order valence-electron chi connectivity index (χ1n) is 13.7. The predicted octanol–water partition coefficient (Wildman–Crippen LogP) is 3.75. The van der Waals surface area contributed by atoms with Crippen molar-refractivity contribution in [2.45, 2.75) is 107 Å². The van der Waals surface area contributed by atoms with E-state index >= 15 is 0 Å². The van der Waals surface area contributed by atoms with Crippen molar-refractivity contribution in [1.29, 1.82) is 0 Å². The Hall–Kier alpha value is -1.32. The van der Waals surface area contributed by atoms with Crippen LogP contribution in [0.25, 0.3) is 0 Å². The van der Waals surface area contributed by atoms with Crippen molar-refractivity contribution in [2.75, 3.05) is 13.2 Å². The number of hydrogen-bond donors (Lipinski definition) is 1. The molecule has 8 saturated carbocycles. The van der Waals surface area contributed by atoms with Gasteiger partial charge >= 0.3 is 17.9 Å². The molecule has 36 heavy (non-hydrogen) atoms. The summed E-state index contributed by atoms with van der Waals surface area (Å²) in [4.78, 5) is 25.3. The van der Waals surface area contributed by atoms with Gasteiger partial charge in [0.05, 0.1) is 17.6 Å². The molecule has 1 N–H and O–H groups in total. The Morgan fingerprint density at radius 1 is 0.972 bits per heavy atom. The summed E-state index contributed by atoms with van der Waals surface area (Å²) in [6, 6.07) is 0. The SMILES string of the molecule is CC(F)(F)C(=O)OC12CC3CC(C1)C1(OCC(COC(=O)C45CC6CC(CC(O)(C6)C4)C5)O1)C(C3)C2. The van der Waals surface area contributed by atoms with Gasteiger partial charge in [0.25, 0.3) is 0 Å². The predicted molar refractivity (Wildman–Crippen MR) is 120 cm³/mol. The summed E-state index contributed by atoms with van der Waals surface area (Å²) in [5.74, 6) is -4.97. The molecule has 9 aliphatic rings. The van der Waals surface area contributed by atoms with Gasteiger partial charge in [-0.25, -0.2) is 4.79 Å². The van der Waals surface area contributed by atoms with Crippen molar-refractivity contribution in [3.05, 3.63) is 0 Å². The van der Waals surface area contributed by atoms with E-state index in [1.165, 1.54) is 0 Å². The van der Waals surface area contributed by atoms with E-state index in [1.54, 1.807) is 0 Å². The summed E-state index contributed by atoms with van der Waals surface area (Å²) < 4.78 is 51.2. The topological polar surface area (TPSA) is 91.3 Å². The largest absolute Gasteiger partial charge is 0.462 e. The molecular formula is C27H36F2O7. The molecule has 0 radical (unpaired) electrons. The highest BCUT2D eigenvalue weighted by atomic mass is 19.3. The third kappa shape index (κ3) is 3.51. The molecular weight excluding hydrogens is 474 g/mol. The number of esters is 2. The summed E-state index contributed by atoms with van der Waals surface area (Å²) in [5, 5.41) is 11.0. The number of hydrogen-bond acceptors (Lipinski definition) is 7. The van der Waals surface area contributed by atoms with Crippen molar-refractivity contribution in [3.63, 3.8) is 0 Å². The minimum absolute atomic E-state index is 0.0415. The molecule has 1 spiro atoms. The van der Waals surface area contributed by atoms with Crippen LogP contribution in [-0.4, -0.2) is 59.3 Å². The Balaban J connectivity index is 1.01. The van der Waals surface area contributed by atoms with Gasteiger partial charge in [-0.15, -0.1) is 0 Å². The maximum atomic E-state index is 13.6. The number of carbonyl (C=O) groups is 2. The lowest BCUT2D eigenvalue weighted by atomic mass is 9.48. The highest BCUT2D eigenvalue weighted by Gasteiger charge is 2.68. The molecule has 9 rings (SSSR count). The van der Waals surface area contributed by atoms with Crippen LogP contribution < -0.4 is 0 Å². The minimum atomic E-state index is -3.51. The van der Waals surface area contributed by atoms with Crippen LogP contribution in [0, 0.1) is 35.0 Å². The number of aliphatic hydroxyl groups is 1. The van der Waals surface area contributed by atoms with E-state index in [9.17, 15) is 23.5 Å². The van der Waals surface area contributed by atoms with Gasteiger partial charge in [0.1, 0.15) is 18.3 Å². The average Bonchev–Trinajstić information content (AvgIpc) is 3.18. The van der Waals surface area contributed by atoms with Crippen molar-refractivity contribution in [3.8, 4) is 0 Å². The molecule has 8 bridgehead atoms. The maximum absolute atomic E-state index is 13.6. The summed E-state index contributed by atoms with van der Waals surface area (Å²) in [6.45, 7) is 1.00. The normalized spacial score (nSPS) is 52.2. The lowest BCUT2D eigenvalue weighted by Gasteiger charge is -2.62. The first-order chi connectivity index (χ1) is 16.9. The van der Waals surface area contributed by atoms with E-state index in [2.05, 4.69) is 0 Å². The van der Waals surface area contributed by atoms with Gasteiger partial charge in [-0.05, 0) is 88.4 Å². The van der Waals surface area contributed by atoms with Crippen LogP contribution in [0.15, 0.2) is 0 Å². The lowest BCUT2D eigenvalue weighted by molar-refractivity contribution is -0.322. The summed E-state index contributed by atoms with van der Waals surface area (Å²) in [6.07, 6.45) is 7.68. The molecule has 1 saturated heterocycles. The molecule has 200 valence electrons. The monoisotopic (exact) mass is 510 g/mol. The zero-order valence-electron chi connectivity index (χ0n) is 20.8. The Morgan fingerprint density at radius 2 is 1.64 bits per heavy atom. The lowest BCUT2D eigenvalue weighted by Crippen LogP contribution is -2.65. The van der Waals surface area contributed by atoms with Gasteiger partial charge in [0.2, 0.25) is 0 Å². The van der Waals surface area contributed by atoms with Gasteiger partial charge in [-0.1, -0.05) is 0 Å². The fraction of sp³-hybridized carbons (Fsp3) is 0.926. The summed E-state index contributed by atoms with van der Waals surface area (Å²) in [7, 11) is 0. The molecule has 9 heteroatoms. The molecule has 0 aromatic carbocycles. The van der Waals surface area contributed by atoms with Crippen LogP contribution in [0.4, 0.5) is 8.78 Å². The van der Waals surface area contributed by atoms with Crippen LogP contribution in [-0.2, 0) is 28.5 Å². The molecule has 0 amide bonds. The first kappa shape index (κ1) is 23.8. The second-order valence-electron chi connectivity index (χ2n) is 13.6. The standard InChI is InChI=1S/C27H36F2O7/c1-23(28,29)21(30)36-26-9-15-3-18(10-26)27(19(4-15)11-26)34-13-20(35-27)12-33-22(31)24-5-16-2-17(6-24)8-25(32,7-16)14-24/h15-20,32H,2-14H2,1H3. The molecule has 5 unspecified atom stereocenters. The number of alkyl halides is 2. The van der Waals surface area contributed by atoms with Gasteiger partial charge in [0, 0.05) is 18.8 Å². The molecule has 0 aromatic heterocycles. The number of carbonyl (C=O) groups excluding carboxylic acids is 2. The van der Waals surface area contributed by atoms with Gasteiger partial charge in [-0.3, -0.25) is 4.79 Å². The molecule has 9 fully saturated rings. The second kappa shape index (κ2) is 7.41. The smallest absolute Gasteiger partial charge is 0.377 e. The third-order valence-corrected chi connectivity index (χ3v) is 10.6. The van der Waals surface area contributed by atoms with Crippen molar-refractivity contribution in [1.82, 2.24) is 0 Å². The number of ether oxygens (including phenoxy) is 4. The van der Waals surface area contributed by atoms with E-state index in [1.807, 2.05) is 0 Å². The van der Waals surface area contributed by atoms with Crippen LogP contribution in [0.5, 0.6) is 0 Å². The van der Waals surface area contributed by atoms with E-state index < -0.39 is 34.3 Å². The Kier molecular flexibility index (Phi) is 4.89. The van der Waals surface area contributed by atoms with E-state index in [0.717, 1.165) is 44.9 Å². The van der Waals surface area contributed by atoms with Crippen LogP contribution in [0.3, 0.4) is 0 Å². The van der Waals surface area contributed by atoms with Gasteiger partial charge in [-0.2, -0.15) is 8.78 Å². The molecule has 0 aromatic rings. The Bertz CT molecular complexity index is 946. The van der Waals surface area contributed by atoms with Crippen molar-refractivity contribution < 1.29 is 42.4 Å². The number of halogens is 2. The van der Waals surface area contributed by atoms with Crippen LogP contribution in [0.1, 0.15) is 77.6 Å². The Morgan fingerprint density at radius 3 is 2.25 bits per heavy atom. The Labute approximate surface area is 209 Å². The van der Waals surface area contributed by atoms with Gasteiger partial charge in [0.15, 0.2) is 5.79 Å². The summed E-state index contributed by atoms with van der Waals surface area (Å²) in [5.41, 5.74) is -2.16. The van der Waals surface area contributed by atoms with Crippen molar-refractivity contribution >= 4 is 11.9 Å². The van der Waals surface area contributed by atoms with E-state index in [-0.39, 0.29) is 30.5 Å². The fourth-order valence-corrected chi connectivity index (χ4v) is 10.1. The molecule has 1 heterocycles. The fourth-order valence-electron chi connectivity index (χ4n) is 10.1. The van der Waals surface area contributed by atoms with Crippen molar-refractivity contribution in [2.24, 2.45) is 35.0 Å². The number of rotatable bonds is 5. The second-order valence-corrected chi connectivity index (χ2v) is 13.6. The quantitative estimate of drug-likeness (QED) is 0.564. The average molecular weight is 511 g/mol. The van der Waals surface area contributed by atoms with Crippen LogP contribution in [0.2, 0.25) is 0 Å². The molecule has 8 aliphatic carbocycles. The van der Waals surface area contributed by atoms with Gasteiger partial charge < -0.3 is 24.1 Å². The zero-order valence-corrected chi connectivity index (χ0v) is 20.8. The summed E-state index contributed by atoms with van der Waals surface area (Å²) >= 11 is 0. The maximum Gasteiger partial charge on any atom is 0.377 e. The van der Waals surface area contributed by atoms with E-state index in [0.29, 0.717) is 57.0 Å². The molecule has 7 nitrogen and oxygen atoms in total. The van der Waals surface area contributed by atoms with E-state index in [4.69, 9.17) is 18.9 Å². The molecule has 5 atom stereocenters. The third-order valence-electron chi connectivity index (χ3n) is 10.6. The highest BCUT2D eigenvalue weighted by Crippen LogP contribution is 2.64. The van der Waals surface area contributed by atoms with Crippen LogP contribution >= 0.6 is 0 Å². The minimum Gasteiger partial charge on any atom is -0.462 e.